The molecule has 7 nitrogen and oxygen atoms in total. The lowest BCUT2D eigenvalue weighted by Gasteiger charge is -2.56. The highest BCUT2D eigenvalue weighted by molar-refractivity contribution is 8.00. The number of amides is 3. The van der Waals surface area contributed by atoms with E-state index >= 15 is 0 Å². The lowest BCUT2D eigenvalue weighted by atomic mass is 9.53. The largest absolute Gasteiger partial charge is 0.332 e. The van der Waals surface area contributed by atoms with Crippen LogP contribution in [-0.4, -0.2) is 37.5 Å². The summed E-state index contributed by atoms with van der Waals surface area (Å²) in [7, 11) is 0. The molecule has 3 amide bonds. The number of hydrogen-bond donors (Lipinski definition) is 2. The van der Waals surface area contributed by atoms with Gasteiger partial charge in [0.25, 0.3) is 0 Å². The van der Waals surface area contributed by atoms with Crippen molar-refractivity contribution >= 4 is 23.7 Å². The van der Waals surface area contributed by atoms with Crippen LogP contribution in [0.1, 0.15) is 51.3 Å². The molecule has 1 aromatic rings. The molecule has 4 fully saturated rings. The zero-order valence-electron chi connectivity index (χ0n) is 16.6. The molecular formula is C20H29N5O2S. The lowest BCUT2D eigenvalue weighted by Crippen LogP contribution is -2.62. The van der Waals surface area contributed by atoms with Gasteiger partial charge in [0.05, 0.1) is 5.25 Å². The minimum absolute atomic E-state index is 0.100. The number of thioether (sulfide) groups is 1. The third-order valence-electron chi connectivity index (χ3n) is 6.52. The van der Waals surface area contributed by atoms with Crippen molar-refractivity contribution in [2.45, 2.75) is 74.9 Å². The van der Waals surface area contributed by atoms with E-state index in [0.29, 0.717) is 11.7 Å². The van der Waals surface area contributed by atoms with E-state index in [1.54, 1.807) is 13.0 Å². The van der Waals surface area contributed by atoms with Crippen molar-refractivity contribution < 1.29 is 9.59 Å². The van der Waals surface area contributed by atoms with Crippen LogP contribution in [-0.2, 0) is 11.3 Å². The summed E-state index contributed by atoms with van der Waals surface area (Å²) in [6.45, 7) is 7.97. The van der Waals surface area contributed by atoms with E-state index in [-0.39, 0.29) is 17.5 Å². The summed E-state index contributed by atoms with van der Waals surface area (Å²) >= 11 is 1.30. The second-order valence-electron chi connectivity index (χ2n) is 8.83. The molecule has 0 aromatic carbocycles. The number of nitrogens with zero attached hydrogens (tertiary/aromatic N) is 3. The molecule has 152 valence electrons. The first-order valence-corrected chi connectivity index (χ1v) is 11.1. The molecule has 2 N–H and O–H groups in total. The first kappa shape index (κ1) is 19.5. The number of carbonyl (C=O) groups is 2. The Kier molecular flexibility index (Phi) is 5.24. The molecule has 0 saturated heterocycles. The Bertz CT molecular complexity index is 754. The predicted molar refractivity (Wildman–Crippen MR) is 108 cm³/mol. The fourth-order valence-corrected chi connectivity index (χ4v) is 6.65. The molecule has 1 unspecified atom stereocenters. The van der Waals surface area contributed by atoms with Crippen molar-refractivity contribution in [1.29, 1.82) is 0 Å². The number of rotatable bonds is 6. The van der Waals surface area contributed by atoms with Crippen LogP contribution in [0.25, 0.3) is 0 Å². The van der Waals surface area contributed by atoms with Crippen LogP contribution in [0.15, 0.2) is 17.8 Å². The summed E-state index contributed by atoms with van der Waals surface area (Å²) < 4.78 is 1.90. The number of urea groups is 1. The van der Waals surface area contributed by atoms with Gasteiger partial charge in [0.15, 0.2) is 5.16 Å². The van der Waals surface area contributed by atoms with Gasteiger partial charge in [-0.2, -0.15) is 0 Å². The summed E-state index contributed by atoms with van der Waals surface area (Å²) in [5, 5.41) is 14.1. The predicted octanol–water partition coefficient (Wildman–Crippen LogP) is 3.05. The number of carbonyl (C=O) groups excluding carboxylic acids is 2. The molecule has 28 heavy (non-hydrogen) atoms. The zero-order valence-corrected chi connectivity index (χ0v) is 17.4. The molecule has 1 heterocycles. The van der Waals surface area contributed by atoms with Gasteiger partial charge in [-0.05, 0) is 70.1 Å². The topological polar surface area (TPSA) is 88.9 Å². The van der Waals surface area contributed by atoms with Gasteiger partial charge < -0.3 is 9.88 Å². The van der Waals surface area contributed by atoms with Crippen LogP contribution >= 0.6 is 11.8 Å². The fourth-order valence-electron chi connectivity index (χ4n) is 5.75. The average molecular weight is 404 g/mol. The maximum Gasteiger partial charge on any atom is 0.321 e. The monoisotopic (exact) mass is 403 g/mol. The molecule has 8 heteroatoms. The lowest BCUT2D eigenvalue weighted by molar-refractivity contribution is -0.119. The van der Waals surface area contributed by atoms with Gasteiger partial charge in [0, 0.05) is 12.1 Å². The van der Waals surface area contributed by atoms with E-state index in [1.807, 2.05) is 11.5 Å². The van der Waals surface area contributed by atoms with E-state index in [1.165, 1.54) is 31.0 Å². The summed E-state index contributed by atoms with van der Waals surface area (Å²) in [6.07, 6.45) is 8.92. The Balaban J connectivity index is 1.33. The van der Waals surface area contributed by atoms with Gasteiger partial charge in [-0.15, -0.1) is 16.8 Å². The van der Waals surface area contributed by atoms with Crippen LogP contribution in [0.3, 0.4) is 0 Å². The van der Waals surface area contributed by atoms with Crippen LogP contribution in [0.4, 0.5) is 4.79 Å². The summed E-state index contributed by atoms with van der Waals surface area (Å²) in [4.78, 5) is 25.1. The van der Waals surface area contributed by atoms with Crippen molar-refractivity contribution in [2.75, 3.05) is 0 Å². The third kappa shape index (κ3) is 3.83. The van der Waals surface area contributed by atoms with Crippen LogP contribution in [0, 0.1) is 24.7 Å². The number of aryl methyl sites for hydroxylation is 1. The minimum atomic E-state index is -0.450. The number of allylic oxidation sites excluding steroid dienone is 1. The standard InChI is InChI=1S/C20H29N5O2S/c1-4-5-25-13(3)23-24-19(25)28-12(2)17(26)21-18(27)22-20-9-14-6-15(10-20)8-16(7-14)11-20/h4,12,14-16H,1,5-11H2,2-3H3,(H2,21,22,26,27). The maximum atomic E-state index is 12.6. The van der Waals surface area contributed by atoms with E-state index in [0.717, 1.165) is 42.8 Å². The zero-order chi connectivity index (χ0) is 19.9. The highest BCUT2D eigenvalue weighted by Gasteiger charge is 2.51. The van der Waals surface area contributed by atoms with Gasteiger partial charge >= 0.3 is 6.03 Å². The molecule has 1 aromatic heterocycles. The highest BCUT2D eigenvalue weighted by Crippen LogP contribution is 2.55. The molecule has 4 saturated carbocycles. The van der Waals surface area contributed by atoms with Crippen LogP contribution in [0.2, 0.25) is 0 Å². The van der Waals surface area contributed by atoms with Crippen molar-refractivity contribution in [3.8, 4) is 0 Å². The molecule has 0 spiro atoms. The number of imide groups is 1. The van der Waals surface area contributed by atoms with E-state index in [4.69, 9.17) is 0 Å². The highest BCUT2D eigenvalue weighted by atomic mass is 32.2. The smallest absolute Gasteiger partial charge is 0.321 e. The summed E-state index contributed by atoms with van der Waals surface area (Å²) in [5.41, 5.74) is -0.100. The van der Waals surface area contributed by atoms with Crippen molar-refractivity contribution in [1.82, 2.24) is 25.4 Å². The normalized spacial score (nSPS) is 31.4. The Hall–Kier alpha value is -1.83. The van der Waals surface area contributed by atoms with Gasteiger partial charge in [0.2, 0.25) is 5.91 Å². The average Bonchev–Trinajstić information content (AvgIpc) is 2.93. The maximum absolute atomic E-state index is 12.6. The van der Waals surface area contributed by atoms with E-state index in [9.17, 15) is 9.59 Å². The first-order chi connectivity index (χ1) is 13.4. The van der Waals surface area contributed by atoms with E-state index < -0.39 is 5.25 Å². The number of hydrogen-bond acceptors (Lipinski definition) is 5. The molecule has 0 aliphatic heterocycles. The van der Waals surface area contributed by atoms with Crippen molar-refractivity contribution in [3.05, 3.63) is 18.5 Å². The number of nitrogens with one attached hydrogen (secondary N) is 2. The van der Waals surface area contributed by atoms with Crippen molar-refractivity contribution in [2.24, 2.45) is 17.8 Å². The first-order valence-electron chi connectivity index (χ1n) is 10.2. The van der Waals surface area contributed by atoms with Gasteiger partial charge in [-0.3, -0.25) is 10.1 Å². The molecule has 5 rings (SSSR count). The van der Waals surface area contributed by atoms with Crippen molar-refractivity contribution in [3.63, 3.8) is 0 Å². The molecular weight excluding hydrogens is 374 g/mol. The van der Waals surface area contributed by atoms with E-state index in [2.05, 4.69) is 27.4 Å². The Morgan fingerprint density at radius 2 is 1.86 bits per heavy atom. The van der Waals surface area contributed by atoms with Gasteiger partial charge in [0.1, 0.15) is 5.82 Å². The molecule has 0 radical (unpaired) electrons. The fraction of sp³-hybridized carbons (Fsp3) is 0.700. The van der Waals surface area contributed by atoms with Gasteiger partial charge in [-0.1, -0.05) is 17.8 Å². The number of aromatic nitrogens is 3. The second-order valence-corrected chi connectivity index (χ2v) is 10.1. The molecule has 1 atom stereocenters. The van der Waals surface area contributed by atoms with Crippen LogP contribution < -0.4 is 10.6 Å². The summed E-state index contributed by atoms with van der Waals surface area (Å²) in [5.74, 6) is 2.70. The molecule has 4 aliphatic carbocycles. The van der Waals surface area contributed by atoms with Crippen LogP contribution in [0.5, 0.6) is 0 Å². The second kappa shape index (κ2) is 7.54. The summed E-state index contributed by atoms with van der Waals surface area (Å²) in [6, 6.07) is -0.358. The Morgan fingerprint density at radius 3 is 2.43 bits per heavy atom. The Morgan fingerprint density at radius 1 is 1.25 bits per heavy atom. The molecule has 4 bridgehead atoms. The quantitative estimate of drug-likeness (QED) is 0.563. The van der Waals surface area contributed by atoms with Gasteiger partial charge in [-0.25, -0.2) is 4.79 Å². The SMILES string of the molecule is C=CCn1c(C)nnc1SC(C)C(=O)NC(=O)NC12CC3CC(CC(C3)C1)C2. The third-order valence-corrected chi connectivity index (χ3v) is 7.60. The minimum Gasteiger partial charge on any atom is -0.332 e. The molecule has 4 aliphatic rings. The Labute approximate surface area is 170 Å².